The van der Waals surface area contributed by atoms with Crippen LogP contribution in [-0.2, 0) is 5.88 Å². The molecule has 0 aromatic heterocycles. The van der Waals surface area contributed by atoms with Crippen molar-refractivity contribution < 1.29 is 4.79 Å². The smallest absolute Gasteiger partial charge is 0.251 e. The first kappa shape index (κ1) is 14.9. The Morgan fingerprint density at radius 3 is 2.40 bits per heavy atom. The molecule has 0 aliphatic carbocycles. The highest BCUT2D eigenvalue weighted by Gasteiger charge is 2.13. The summed E-state index contributed by atoms with van der Waals surface area (Å²) < 4.78 is 0. The molecule has 0 radical (unpaired) electrons. The number of alkyl halides is 1. The first-order valence-electron chi connectivity index (χ1n) is 6.32. The van der Waals surface area contributed by atoms with Crippen LogP contribution in [0.15, 0.2) is 48.5 Å². The second-order valence-electron chi connectivity index (χ2n) is 4.55. The summed E-state index contributed by atoms with van der Waals surface area (Å²) in [6.07, 6.45) is 0. The largest absolute Gasteiger partial charge is 0.345 e. The van der Waals surface area contributed by atoms with Crippen molar-refractivity contribution in [1.29, 1.82) is 0 Å². The molecular formula is C16H15Cl2NO. The van der Waals surface area contributed by atoms with Crippen LogP contribution in [0.2, 0.25) is 5.02 Å². The molecule has 2 nitrogen and oxygen atoms in total. The first-order valence-corrected chi connectivity index (χ1v) is 7.23. The molecule has 104 valence electrons. The van der Waals surface area contributed by atoms with Gasteiger partial charge in [0, 0.05) is 16.5 Å². The maximum Gasteiger partial charge on any atom is 0.251 e. The maximum absolute atomic E-state index is 12.2. The van der Waals surface area contributed by atoms with Crippen LogP contribution in [0.25, 0.3) is 0 Å². The molecule has 0 saturated heterocycles. The molecule has 0 aliphatic rings. The molecule has 1 N–H and O–H groups in total. The third kappa shape index (κ3) is 3.53. The fourth-order valence-corrected chi connectivity index (χ4v) is 2.41. The number of amides is 1. The van der Waals surface area contributed by atoms with Gasteiger partial charge in [0.2, 0.25) is 0 Å². The topological polar surface area (TPSA) is 29.1 Å². The molecule has 0 bridgehead atoms. The lowest BCUT2D eigenvalue weighted by Crippen LogP contribution is -2.26. The standard InChI is InChI=1S/C16H15Cl2NO/c1-11(14-4-2-3-5-15(14)18)19-16(20)13-8-6-12(10-17)7-9-13/h2-9,11H,10H2,1H3,(H,19,20). The predicted molar refractivity (Wildman–Crippen MR) is 83.3 cm³/mol. The number of hydrogen-bond acceptors (Lipinski definition) is 1. The van der Waals surface area contributed by atoms with E-state index >= 15 is 0 Å². The van der Waals surface area contributed by atoms with Crippen LogP contribution in [-0.4, -0.2) is 5.91 Å². The van der Waals surface area contributed by atoms with E-state index < -0.39 is 0 Å². The van der Waals surface area contributed by atoms with Crippen molar-refractivity contribution in [3.63, 3.8) is 0 Å². The van der Waals surface area contributed by atoms with Crippen molar-refractivity contribution in [3.8, 4) is 0 Å². The van der Waals surface area contributed by atoms with Crippen molar-refractivity contribution in [3.05, 3.63) is 70.2 Å². The highest BCUT2D eigenvalue weighted by molar-refractivity contribution is 6.31. The third-order valence-electron chi connectivity index (χ3n) is 3.09. The number of benzene rings is 2. The van der Waals surface area contributed by atoms with Crippen LogP contribution in [0.4, 0.5) is 0 Å². The van der Waals surface area contributed by atoms with Gasteiger partial charge in [0.05, 0.1) is 6.04 Å². The van der Waals surface area contributed by atoms with Crippen molar-refractivity contribution in [1.82, 2.24) is 5.32 Å². The van der Waals surface area contributed by atoms with E-state index in [-0.39, 0.29) is 11.9 Å². The normalized spacial score (nSPS) is 11.9. The summed E-state index contributed by atoms with van der Waals surface area (Å²) in [6, 6.07) is 14.6. The molecule has 20 heavy (non-hydrogen) atoms. The minimum atomic E-state index is -0.149. The van der Waals surface area contributed by atoms with E-state index in [1.165, 1.54) is 0 Å². The molecular weight excluding hydrogens is 293 g/mol. The molecule has 0 aliphatic heterocycles. The Labute approximate surface area is 128 Å². The number of carbonyl (C=O) groups excluding carboxylic acids is 1. The second kappa shape index (κ2) is 6.78. The summed E-state index contributed by atoms with van der Waals surface area (Å²) in [6.45, 7) is 1.91. The first-order chi connectivity index (χ1) is 9.61. The molecule has 2 aromatic carbocycles. The zero-order chi connectivity index (χ0) is 14.5. The van der Waals surface area contributed by atoms with Gasteiger partial charge >= 0.3 is 0 Å². The lowest BCUT2D eigenvalue weighted by molar-refractivity contribution is 0.0940. The summed E-state index contributed by atoms with van der Waals surface area (Å²) in [5.74, 6) is 0.316. The van der Waals surface area contributed by atoms with Gasteiger partial charge in [0.15, 0.2) is 0 Å². The van der Waals surface area contributed by atoms with Crippen molar-refractivity contribution >= 4 is 29.1 Å². The summed E-state index contributed by atoms with van der Waals surface area (Å²) in [4.78, 5) is 12.2. The lowest BCUT2D eigenvalue weighted by Gasteiger charge is -2.15. The Balaban J connectivity index is 2.09. The zero-order valence-electron chi connectivity index (χ0n) is 11.1. The average Bonchev–Trinajstić information content (AvgIpc) is 2.47. The number of nitrogens with one attached hydrogen (secondary N) is 1. The van der Waals surface area contributed by atoms with Crippen LogP contribution in [0.1, 0.15) is 34.5 Å². The van der Waals surface area contributed by atoms with Crippen LogP contribution in [0.3, 0.4) is 0 Å². The number of carbonyl (C=O) groups is 1. The molecule has 4 heteroatoms. The molecule has 1 atom stereocenters. The Morgan fingerprint density at radius 1 is 1.15 bits per heavy atom. The van der Waals surface area contributed by atoms with Gasteiger partial charge in [-0.05, 0) is 36.2 Å². The summed E-state index contributed by atoms with van der Waals surface area (Å²) >= 11 is 11.8. The maximum atomic E-state index is 12.2. The van der Waals surface area contributed by atoms with Gasteiger partial charge in [-0.15, -0.1) is 11.6 Å². The van der Waals surface area contributed by atoms with E-state index in [0.717, 1.165) is 11.1 Å². The Bertz CT molecular complexity index is 596. The second-order valence-corrected chi connectivity index (χ2v) is 5.22. The summed E-state index contributed by atoms with van der Waals surface area (Å²) in [5, 5.41) is 3.59. The third-order valence-corrected chi connectivity index (χ3v) is 3.74. The Kier molecular flexibility index (Phi) is 5.05. The van der Waals surface area contributed by atoms with E-state index in [4.69, 9.17) is 23.2 Å². The van der Waals surface area contributed by atoms with Crippen molar-refractivity contribution in [2.75, 3.05) is 0 Å². The van der Waals surface area contributed by atoms with Crippen molar-refractivity contribution in [2.24, 2.45) is 0 Å². The SMILES string of the molecule is CC(NC(=O)c1ccc(CCl)cc1)c1ccccc1Cl. The fourth-order valence-electron chi connectivity index (χ4n) is 1.93. The van der Waals surface area contributed by atoms with Gasteiger partial charge in [0.25, 0.3) is 5.91 Å². The Morgan fingerprint density at radius 2 is 1.80 bits per heavy atom. The molecule has 2 aromatic rings. The number of hydrogen-bond donors (Lipinski definition) is 1. The van der Waals surface area contributed by atoms with E-state index in [9.17, 15) is 4.79 Å². The molecule has 0 heterocycles. The minimum absolute atomic E-state index is 0.126. The summed E-state index contributed by atoms with van der Waals surface area (Å²) in [5.41, 5.74) is 2.50. The van der Waals surface area contributed by atoms with Crippen LogP contribution < -0.4 is 5.32 Å². The van der Waals surface area contributed by atoms with Gasteiger partial charge in [-0.2, -0.15) is 0 Å². The van der Waals surface area contributed by atoms with Gasteiger partial charge in [-0.25, -0.2) is 0 Å². The predicted octanol–water partition coefficient (Wildman–Crippen LogP) is 4.57. The van der Waals surface area contributed by atoms with Gasteiger partial charge in [0.1, 0.15) is 0 Å². The summed E-state index contributed by atoms with van der Waals surface area (Å²) in [7, 11) is 0. The van der Waals surface area contributed by atoms with Gasteiger partial charge in [-0.1, -0.05) is 41.9 Å². The molecule has 1 unspecified atom stereocenters. The van der Waals surface area contributed by atoms with E-state index in [1.807, 2.05) is 43.3 Å². The van der Waals surface area contributed by atoms with Gasteiger partial charge < -0.3 is 5.32 Å². The van der Waals surface area contributed by atoms with E-state index in [0.29, 0.717) is 16.5 Å². The molecule has 0 saturated carbocycles. The fraction of sp³-hybridized carbons (Fsp3) is 0.188. The zero-order valence-corrected chi connectivity index (χ0v) is 12.6. The monoisotopic (exact) mass is 307 g/mol. The highest BCUT2D eigenvalue weighted by Crippen LogP contribution is 2.22. The molecule has 2 rings (SSSR count). The van der Waals surface area contributed by atoms with Crippen LogP contribution in [0.5, 0.6) is 0 Å². The highest BCUT2D eigenvalue weighted by atomic mass is 35.5. The average molecular weight is 308 g/mol. The van der Waals surface area contributed by atoms with Crippen LogP contribution >= 0.6 is 23.2 Å². The molecule has 0 fully saturated rings. The number of halogens is 2. The van der Waals surface area contributed by atoms with Crippen LogP contribution in [0, 0.1) is 0 Å². The van der Waals surface area contributed by atoms with Crippen molar-refractivity contribution in [2.45, 2.75) is 18.8 Å². The molecule has 1 amide bonds. The van der Waals surface area contributed by atoms with E-state index in [1.54, 1.807) is 12.1 Å². The number of rotatable bonds is 4. The minimum Gasteiger partial charge on any atom is -0.345 e. The quantitative estimate of drug-likeness (QED) is 0.824. The van der Waals surface area contributed by atoms with E-state index in [2.05, 4.69) is 5.32 Å². The molecule has 0 spiro atoms. The Hall–Kier alpha value is -1.51. The van der Waals surface area contributed by atoms with Gasteiger partial charge in [-0.3, -0.25) is 4.79 Å². The lowest BCUT2D eigenvalue weighted by atomic mass is 10.1.